The van der Waals surface area contributed by atoms with Crippen molar-refractivity contribution in [2.45, 2.75) is 45.8 Å². The zero-order valence-corrected chi connectivity index (χ0v) is 15.8. The highest BCUT2D eigenvalue weighted by molar-refractivity contribution is 7.89. The van der Waals surface area contributed by atoms with E-state index in [0.717, 1.165) is 0 Å². The molecule has 1 rings (SSSR count). The summed E-state index contributed by atoms with van der Waals surface area (Å²) in [5, 5.41) is 11.3. The molecule has 0 aliphatic heterocycles. The number of hydrogen-bond donors (Lipinski definition) is 2. The molecule has 0 fully saturated rings. The molecule has 0 saturated carbocycles. The van der Waals surface area contributed by atoms with Gasteiger partial charge in [-0.1, -0.05) is 13.3 Å². The number of carbonyl (C=O) groups is 2. The van der Waals surface area contributed by atoms with Crippen molar-refractivity contribution in [1.82, 2.24) is 4.72 Å². The van der Waals surface area contributed by atoms with E-state index < -0.39 is 34.0 Å². The van der Waals surface area contributed by atoms with E-state index in [1.165, 1.54) is 13.8 Å². The van der Waals surface area contributed by atoms with Crippen LogP contribution in [0.2, 0.25) is 0 Å². The molecule has 0 aliphatic carbocycles. The van der Waals surface area contributed by atoms with Gasteiger partial charge in [0, 0.05) is 5.69 Å². The first-order valence-electron chi connectivity index (χ1n) is 8.20. The van der Waals surface area contributed by atoms with Crippen molar-refractivity contribution in [3.8, 4) is 6.07 Å². The summed E-state index contributed by atoms with van der Waals surface area (Å²) in [6.07, 6.45) is 0.0908. The summed E-state index contributed by atoms with van der Waals surface area (Å²) in [6.45, 7) is 4.60. The quantitative estimate of drug-likeness (QED) is 0.625. The molecule has 1 amide bonds. The van der Waals surface area contributed by atoms with Crippen LogP contribution in [0.25, 0.3) is 0 Å². The van der Waals surface area contributed by atoms with Gasteiger partial charge in [0.1, 0.15) is 6.04 Å². The van der Waals surface area contributed by atoms with Crippen LogP contribution in [-0.2, 0) is 24.3 Å². The lowest BCUT2D eigenvalue weighted by molar-refractivity contribution is -0.154. The zero-order chi connectivity index (χ0) is 19.7. The number of hydrogen-bond acceptors (Lipinski definition) is 6. The van der Waals surface area contributed by atoms with Crippen LogP contribution in [0.15, 0.2) is 24.3 Å². The van der Waals surface area contributed by atoms with Crippen LogP contribution in [0.5, 0.6) is 0 Å². The number of esters is 1. The van der Waals surface area contributed by atoms with E-state index in [4.69, 9.17) is 10.00 Å². The van der Waals surface area contributed by atoms with E-state index in [0.29, 0.717) is 24.1 Å². The second kappa shape index (κ2) is 9.89. The number of anilines is 1. The highest BCUT2D eigenvalue weighted by atomic mass is 32.2. The van der Waals surface area contributed by atoms with E-state index in [9.17, 15) is 18.0 Å². The van der Waals surface area contributed by atoms with Gasteiger partial charge in [0.25, 0.3) is 5.91 Å². The predicted octanol–water partition coefficient (Wildman–Crippen LogP) is 1.54. The normalized spacial score (nSPS) is 13.3. The number of rotatable bonds is 9. The molecular weight excluding hydrogens is 358 g/mol. The zero-order valence-electron chi connectivity index (χ0n) is 15.0. The third-order valence-electron chi connectivity index (χ3n) is 3.42. The molecule has 8 nitrogen and oxygen atoms in total. The molecule has 26 heavy (non-hydrogen) atoms. The summed E-state index contributed by atoms with van der Waals surface area (Å²) in [5.74, 6) is -1.48. The molecule has 2 N–H and O–H groups in total. The Morgan fingerprint density at radius 2 is 1.85 bits per heavy atom. The van der Waals surface area contributed by atoms with Crippen LogP contribution in [-0.4, -0.2) is 38.2 Å². The van der Waals surface area contributed by atoms with Crippen molar-refractivity contribution in [3.05, 3.63) is 29.8 Å². The summed E-state index contributed by atoms with van der Waals surface area (Å²) in [7, 11) is -3.58. The van der Waals surface area contributed by atoms with E-state index in [1.807, 2.05) is 13.0 Å². The Labute approximate surface area is 153 Å². The first kappa shape index (κ1) is 21.6. The maximum atomic E-state index is 12.1. The minimum atomic E-state index is -3.58. The van der Waals surface area contributed by atoms with Gasteiger partial charge in [0.15, 0.2) is 6.10 Å². The summed E-state index contributed by atoms with van der Waals surface area (Å²) in [5.41, 5.74) is 0.900. The van der Waals surface area contributed by atoms with Crippen LogP contribution >= 0.6 is 0 Å². The van der Waals surface area contributed by atoms with Crippen LogP contribution in [0.4, 0.5) is 5.69 Å². The molecule has 2 atom stereocenters. The minimum absolute atomic E-state index is 0.0736. The predicted molar refractivity (Wildman–Crippen MR) is 96.6 cm³/mol. The molecule has 0 spiro atoms. The standard InChI is InChI=1S/C17H23N3O5S/c1-4-5-10-26(23,24)20-12(2)17(22)25-13(3)16(21)19-15-8-6-14(11-18)7-9-15/h6-9,12-13,20H,4-5,10H2,1-3H3,(H,19,21)/t12-,13-/m0/s1. The van der Waals surface area contributed by atoms with Crippen LogP contribution in [0.3, 0.4) is 0 Å². The Hall–Kier alpha value is -2.44. The van der Waals surface area contributed by atoms with Crippen LogP contribution in [0, 0.1) is 11.3 Å². The van der Waals surface area contributed by atoms with Crippen molar-refractivity contribution < 1.29 is 22.7 Å². The average molecular weight is 381 g/mol. The molecule has 1 aromatic carbocycles. The highest BCUT2D eigenvalue weighted by Crippen LogP contribution is 2.10. The Bertz CT molecular complexity index is 769. The molecule has 9 heteroatoms. The lowest BCUT2D eigenvalue weighted by Crippen LogP contribution is -2.43. The number of nitriles is 1. The first-order chi connectivity index (χ1) is 12.2. The SMILES string of the molecule is CCCCS(=O)(=O)N[C@@H](C)C(=O)O[C@@H](C)C(=O)Nc1ccc(C#N)cc1. The molecule has 0 radical (unpaired) electrons. The summed E-state index contributed by atoms with van der Waals surface area (Å²) >= 11 is 0. The van der Waals surface area contributed by atoms with Gasteiger partial charge in [-0.3, -0.25) is 9.59 Å². The van der Waals surface area contributed by atoms with Gasteiger partial charge < -0.3 is 10.1 Å². The van der Waals surface area contributed by atoms with E-state index in [2.05, 4.69) is 10.0 Å². The van der Waals surface area contributed by atoms with E-state index >= 15 is 0 Å². The number of carbonyl (C=O) groups excluding carboxylic acids is 2. The summed E-state index contributed by atoms with van der Waals surface area (Å²) in [4.78, 5) is 24.0. The molecule has 0 saturated heterocycles. The van der Waals surface area contributed by atoms with E-state index in [-0.39, 0.29) is 5.75 Å². The molecular formula is C17H23N3O5S. The van der Waals surface area contributed by atoms with Crippen molar-refractivity contribution in [1.29, 1.82) is 5.26 Å². The van der Waals surface area contributed by atoms with Crippen LogP contribution < -0.4 is 10.0 Å². The largest absolute Gasteiger partial charge is 0.451 e. The number of nitrogens with one attached hydrogen (secondary N) is 2. The molecule has 0 bridgehead atoms. The van der Waals surface area contributed by atoms with Crippen molar-refractivity contribution >= 4 is 27.6 Å². The number of benzene rings is 1. The molecule has 1 aromatic rings. The number of nitrogens with zero attached hydrogens (tertiary/aromatic N) is 1. The molecule has 0 aliphatic rings. The number of amides is 1. The average Bonchev–Trinajstić information content (AvgIpc) is 2.60. The fraction of sp³-hybridized carbons (Fsp3) is 0.471. The van der Waals surface area contributed by atoms with Gasteiger partial charge >= 0.3 is 5.97 Å². The summed E-state index contributed by atoms with van der Waals surface area (Å²) < 4.78 is 30.8. The minimum Gasteiger partial charge on any atom is -0.451 e. The van der Waals surface area contributed by atoms with Gasteiger partial charge in [0.2, 0.25) is 10.0 Å². The fourth-order valence-corrected chi connectivity index (χ4v) is 3.33. The van der Waals surface area contributed by atoms with Crippen molar-refractivity contribution in [2.24, 2.45) is 0 Å². The van der Waals surface area contributed by atoms with Gasteiger partial charge in [-0.2, -0.15) is 5.26 Å². The first-order valence-corrected chi connectivity index (χ1v) is 9.85. The van der Waals surface area contributed by atoms with Gasteiger partial charge in [-0.05, 0) is 44.5 Å². The number of ether oxygens (including phenoxy) is 1. The Balaban J connectivity index is 2.56. The maximum Gasteiger partial charge on any atom is 0.324 e. The third-order valence-corrected chi connectivity index (χ3v) is 4.96. The van der Waals surface area contributed by atoms with Gasteiger partial charge in [-0.15, -0.1) is 0 Å². The van der Waals surface area contributed by atoms with Gasteiger partial charge in [-0.25, -0.2) is 13.1 Å². The lowest BCUT2D eigenvalue weighted by Gasteiger charge is -2.17. The highest BCUT2D eigenvalue weighted by Gasteiger charge is 2.25. The molecule has 0 unspecified atom stereocenters. The number of sulfonamides is 1. The smallest absolute Gasteiger partial charge is 0.324 e. The Morgan fingerprint density at radius 1 is 1.23 bits per heavy atom. The fourth-order valence-electron chi connectivity index (χ4n) is 1.91. The second-order valence-electron chi connectivity index (χ2n) is 5.77. The van der Waals surface area contributed by atoms with E-state index in [1.54, 1.807) is 24.3 Å². The van der Waals surface area contributed by atoms with Crippen LogP contribution in [0.1, 0.15) is 39.2 Å². The number of unbranched alkanes of at least 4 members (excludes halogenated alkanes) is 1. The Morgan fingerprint density at radius 3 is 2.38 bits per heavy atom. The van der Waals surface area contributed by atoms with Crippen molar-refractivity contribution in [3.63, 3.8) is 0 Å². The molecule has 0 aromatic heterocycles. The topological polar surface area (TPSA) is 125 Å². The van der Waals surface area contributed by atoms with Gasteiger partial charge in [0.05, 0.1) is 17.4 Å². The second-order valence-corrected chi connectivity index (χ2v) is 7.64. The monoisotopic (exact) mass is 381 g/mol. The molecule has 0 heterocycles. The maximum absolute atomic E-state index is 12.1. The Kier molecular flexibility index (Phi) is 8.22. The summed E-state index contributed by atoms with van der Waals surface area (Å²) in [6, 6.07) is 7.05. The lowest BCUT2D eigenvalue weighted by atomic mass is 10.2. The third kappa shape index (κ3) is 7.21. The molecule has 142 valence electrons. The van der Waals surface area contributed by atoms with Crippen molar-refractivity contribution in [2.75, 3.05) is 11.1 Å².